The van der Waals surface area contributed by atoms with Crippen molar-refractivity contribution >= 4 is 33.3 Å². The van der Waals surface area contributed by atoms with E-state index in [0.29, 0.717) is 0 Å². The van der Waals surface area contributed by atoms with Crippen molar-refractivity contribution in [1.29, 1.82) is 0 Å². The molecule has 0 bridgehead atoms. The minimum absolute atomic E-state index is 0.256. The first-order valence-electron chi connectivity index (χ1n) is 5.59. The molecule has 4 N–H and O–H groups in total. The van der Waals surface area contributed by atoms with Crippen LogP contribution in [0.1, 0.15) is 19.8 Å². The molecule has 17 heavy (non-hydrogen) atoms. The van der Waals surface area contributed by atoms with E-state index in [1.165, 1.54) is 0 Å². The van der Waals surface area contributed by atoms with Gasteiger partial charge in [-0.2, -0.15) is 4.98 Å². The van der Waals surface area contributed by atoms with Gasteiger partial charge in [-0.3, -0.25) is 0 Å². The summed E-state index contributed by atoms with van der Waals surface area (Å²) in [7, 11) is 0. The molecule has 2 aromatic rings. The normalized spacial score (nSPS) is 12.8. The number of fused-ring (bicyclic) bond motifs is 1. The largest absolute Gasteiger partial charge is 0.393 e. The maximum absolute atomic E-state index is 9.16. The van der Waals surface area contributed by atoms with Crippen molar-refractivity contribution in [2.75, 3.05) is 17.6 Å². The number of aliphatic hydroxyl groups excluding tert-OH is 1. The molecule has 1 unspecified atom stereocenters. The number of thiophene rings is 1. The maximum Gasteiger partial charge on any atom is 0.222 e. The second-order valence-electron chi connectivity index (χ2n) is 3.98. The molecule has 0 fully saturated rings. The molecule has 1 atom stereocenters. The molecule has 0 aliphatic heterocycles. The van der Waals surface area contributed by atoms with Crippen molar-refractivity contribution in [1.82, 2.24) is 9.97 Å². The number of aromatic nitrogens is 2. The summed E-state index contributed by atoms with van der Waals surface area (Å²) in [6.45, 7) is 2.56. The molecule has 2 aromatic heterocycles. The van der Waals surface area contributed by atoms with Crippen LogP contribution >= 0.6 is 11.3 Å². The van der Waals surface area contributed by atoms with Gasteiger partial charge >= 0.3 is 0 Å². The summed E-state index contributed by atoms with van der Waals surface area (Å²) in [4.78, 5) is 8.34. The van der Waals surface area contributed by atoms with E-state index >= 15 is 0 Å². The van der Waals surface area contributed by atoms with E-state index < -0.39 is 0 Å². The monoisotopic (exact) mass is 252 g/mol. The minimum Gasteiger partial charge on any atom is -0.393 e. The average Bonchev–Trinajstić information content (AvgIpc) is 2.71. The fourth-order valence-electron chi connectivity index (χ4n) is 1.61. The summed E-state index contributed by atoms with van der Waals surface area (Å²) in [5.74, 6) is 1.07. The van der Waals surface area contributed by atoms with Crippen molar-refractivity contribution in [3.8, 4) is 0 Å². The topological polar surface area (TPSA) is 84.1 Å². The Morgan fingerprint density at radius 2 is 2.35 bits per heavy atom. The average molecular weight is 252 g/mol. The van der Waals surface area contributed by atoms with Gasteiger partial charge in [-0.15, -0.1) is 11.3 Å². The summed E-state index contributed by atoms with van der Waals surface area (Å²) in [5.41, 5.74) is 6.51. The number of nitrogens with two attached hydrogens (primary N) is 1. The lowest BCUT2D eigenvalue weighted by Crippen LogP contribution is -2.08. The SMILES string of the molecule is CC(O)CCCNc1nc(N)nc2ccsc12. The molecule has 0 saturated heterocycles. The highest BCUT2D eigenvalue weighted by atomic mass is 32.1. The van der Waals surface area contributed by atoms with Crippen LogP contribution in [0.3, 0.4) is 0 Å². The third-order valence-corrected chi connectivity index (χ3v) is 3.32. The van der Waals surface area contributed by atoms with Gasteiger partial charge in [0.25, 0.3) is 0 Å². The van der Waals surface area contributed by atoms with E-state index in [9.17, 15) is 0 Å². The van der Waals surface area contributed by atoms with Crippen LogP contribution in [0, 0.1) is 0 Å². The summed E-state index contributed by atoms with van der Waals surface area (Å²) in [5, 5.41) is 14.4. The highest BCUT2D eigenvalue weighted by molar-refractivity contribution is 7.17. The lowest BCUT2D eigenvalue weighted by Gasteiger charge is -2.08. The zero-order valence-corrected chi connectivity index (χ0v) is 10.5. The maximum atomic E-state index is 9.16. The van der Waals surface area contributed by atoms with E-state index in [2.05, 4.69) is 15.3 Å². The Bertz CT molecular complexity index is 497. The zero-order chi connectivity index (χ0) is 12.3. The van der Waals surface area contributed by atoms with Gasteiger partial charge in [0.05, 0.1) is 16.3 Å². The van der Waals surface area contributed by atoms with E-state index in [4.69, 9.17) is 10.8 Å². The number of aliphatic hydroxyl groups is 1. The molecule has 0 amide bonds. The molecule has 0 aliphatic rings. The van der Waals surface area contributed by atoms with Gasteiger partial charge in [-0.05, 0) is 31.2 Å². The molecule has 2 rings (SSSR count). The fourth-order valence-corrected chi connectivity index (χ4v) is 2.40. The van der Waals surface area contributed by atoms with Gasteiger partial charge in [0.1, 0.15) is 5.82 Å². The second-order valence-corrected chi connectivity index (χ2v) is 4.90. The Morgan fingerprint density at radius 1 is 1.53 bits per heavy atom. The van der Waals surface area contributed by atoms with Crippen molar-refractivity contribution < 1.29 is 5.11 Å². The molecule has 0 aliphatic carbocycles. The predicted octanol–water partition coefficient (Wildman–Crippen LogP) is 1.85. The Hall–Kier alpha value is -1.40. The summed E-state index contributed by atoms with van der Waals surface area (Å²) >= 11 is 1.59. The first kappa shape index (κ1) is 12.1. The lowest BCUT2D eigenvalue weighted by molar-refractivity contribution is 0.183. The number of nitrogens with one attached hydrogen (secondary N) is 1. The summed E-state index contributed by atoms with van der Waals surface area (Å²) in [6.07, 6.45) is 1.42. The highest BCUT2D eigenvalue weighted by Crippen LogP contribution is 2.26. The standard InChI is InChI=1S/C11H16N4OS/c1-7(16)3-2-5-13-10-9-8(4-6-17-9)14-11(12)15-10/h4,6-7,16H,2-3,5H2,1H3,(H3,12,13,14,15). The van der Waals surface area contributed by atoms with Crippen molar-refractivity contribution in [3.05, 3.63) is 11.4 Å². The number of hydrogen-bond donors (Lipinski definition) is 3. The van der Waals surface area contributed by atoms with Crippen LogP contribution < -0.4 is 11.1 Å². The summed E-state index contributed by atoms with van der Waals surface area (Å²) in [6, 6.07) is 1.93. The molecule has 5 nitrogen and oxygen atoms in total. The molecular formula is C11H16N4OS. The van der Waals surface area contributed by atoms with E-state index in [0.717, 1.165) is 35.4 Å². The van der Waals surface area contributed by atoms with Crippen LogP contribution in [0.5, 0.6) is 0 Å². The molecule has 0 spiro atoms. The molecule has 2 heterocycles. The van der Waals surface area contributed by atoms with E-state index in [1.807, 2.05) is 11.4 Å². The smallest absolute Gasteiger partial charge is 0.222 e. The number of hydrogen-bond acceptors (Lipinski definition) is 6. The summed E-state index contributed by atoms with van der Waals surface area (Å²) < 4.78 is 1.02. The third kappa shape index (κ3) is 3.04. The van der Waals surface area contributed by atoms with Crippen LogP contribution in [-0.2, 0) is 0 Å². The van der Waals surface area contributed by atoms with Crippen LogP contribution in [-0.4, -0.2) is 27.7 Å². The number of nitrogen functional groups attached to an aromatic ring is 1. The molecule has 92 valence electrons. The van der Waals surface area contributed by atoms with Crippen LogP contribution in [0.2, 0.25) is 0 Å². The van der Waals surface area contributed by atoms with Gasteiger partial charge in [0.15, 0.2) is 0 Å². The molecular weight excluding hydrogens is 236 g/mol. The van der Waals surface area contributed by atoms with Crippen LogP contribution in [0.15, 0.2) is 11.4 Å². The number of nitrogens with zero attached hydrogens (tertiary/aromatic N) is 2. The molecule has 0 saturated carbocycles. The lowest BCUT2D eigenvalue weighted by atomic mass is 10.2. The minimum atomic E-state index is -0.256. The third-order valence-electron chi connectivity index (χ3n) is 2.41. The Balaban J connectivity index is 2.04. The fraction of sp³-hybridized carbons (Fsp3) is 0.455. The van der Waals surface area contributed by atoms with Gasteiger partial charge in [-0.25, -0.2) is 4.98 Å². The molecule has 0 aromatic carbocycles. The van der Waals surface area contributed by atoms with Crippen LogP contribution in [0.25, 0.3) is 10.2 Å². The van der Waals surface area contributed by atoms with Crippen molar-refractivity contribution in [2.24, 2.45) is 0 Å². The van der Waals surface area contributed by atoms with E-state index in [-0.39, 0.29) is 12.1 Å². The predicted molar refractivity (Wildman–Crippen MR) is 71.2 cm³/mol. The van der Waals surface area contributed by atoms with Gasteiger partial charge < -0.3 is 16.2 Å². The zero-order valence-electron chi connectivity index (χ0n) is 9.68. The van der Waals surface area contributed by atoms with Gasteiger partial charge in [-0.1, -0.05) is 0 Å². The Kier molecular flexibility index (Phi) is 3.75. The van der Waals surface area contributed by atoms with Crippen molar-refractivity contribution in [2.45, 2.75) is 25.9 Å². The Labute approximate surface area is 104 Å². The van der Waals surface area contributed by atoms with Crippen molar-refractivity contribution in [3.63, 3.8) is 0 Å². The Morgan fingerprint density at radius 3 is 3.12 bits per heavy atom. The quantitative estimate of drug-likeness (QED) is 0.707. The number of anilines is 2. The number of rotatable bonds is 5. The first-order valence-corrected chi connectivity index (χ1v) is 6.47. The first-order chi connectivity index (χ1) is 8.16. The molecule has 6 heteroatoms. The highest BCUT2D eigenvalue weighted by Gasteiger charge is 2.06. The van der Waals surface area contributed by atoms with E-state index in [1.54, 1.807) is 18.3 Å². The second kappa shape index (κ2) is 5.29. The van der Waals surface area contributed by atoms with Gasteiger partial charge in [0.2, 0.25) is 5.95 Å². The molecule has 0 radical (unpaired) electrons. The van der Waals surface area contributed by atoms with Gasteiger partial charge in [0, 0.05) is 6.54 Å². The van der Waals surface area contributed by atoms with Crippen LogP contribution in [0.4, 0.5) is 11.8 Å².